The molecule has 0 aliphatic carbocycles. The molecule has 1 aromatic heterocycles. The summed E-state index contributed by atoms with van der Waals surface area (Å²) in [6, 6.07) is 9.58. The van der Waals surface area contributed by atoms with Gasteiger partial charge >= 0.3 is 0 Å². The van der Waals surface area contributed by atoms with Crippen molar-refractivity contribution in [3.63, 3.8) is 0 Å². The lowest BCUT2D eigenvalue weighted by Gasteiger charge is -2.21. The van der Waals surface area contributed by atoms with E-state index in [2.05, 4.69) is 21.8 Å². The molecule has 0 spiro atoms. The summed E-state index contributed by atoms with van der Waals surface area (Å²) in [6.45, 7) is 5.58. The van der Waals surface area contributed by atoms with Gasteiger partial charge in [0, 0.05) is 44.6 Å². The second-order valence-corrected chi connectivity index (χ2v) is 5.41. The topological polar surface area (TPSA) is 49.3 Å². The molecule has 0 fully saturated rings. The van der Waals surface area contributed by atoms with Crippen molar-refractivity contribution in [3.8, 4) is 0 Å². The lowest BCUT2D eigenvalue weighted by Crippen LogP contribution is -2.24. The molecule has 0 bridgehead atoms. The Balaban J connectivity index is 2.13. The molecule has 0 radical (unpaired) electrons. The van der Waals surface area contributed by atoms with Crippen molar-refractivity contribution in [2.45, 2.75) is 20.4 Å². The summed E-state index contributed by atoms with van der Waals surface area (Å²) in [6.07, 6.45) is 1.78. The zero-order valence-electron chi connectivity index (χ0n) is 13.6. The first-order valence-electron chi connectivity index (χ1n) is 7.36. The number of benzene rings is 1. The quantitative estimate of drug-likeness (QED) is 0.851. The van der Waals surface area contributed by atoms with Crippen LogP contribution in [0.2, 0.25) is 0 Å². The second-order valence-electron chi connectivity index (χ2n) is 5.41. The molecular formula is C17H22N4O. The Hall–Kier alpha value is -2.43. The van der Waals surface area contributed by atoms with Gasteiger partial charge in [-0.25, -0.2) is 9.97 Å². The lowest BCUT2D eigenvalue weighted by molar-refractivity contribution is 0.0827. The zero-order chi connectivity index (χ0) is 16.1. The Morgan fingerprint density at radius 2 is 1.82 bits per heavy atom. The summed E-state index contributed by atoms with van der Waals surface area (Å²) in [5, 5.41) is 0. The van der Waals surface area contributed by atoms with Gasteiger partial charge in [0.25, 0.3) is 5.91 Å². The summed E-state index contributed by atoms with van der Waals surface area (Å²) in [5.41, 5.74) is 2.78. The van der Waals surface area contributed by atoms with E-state index in [4.69, 9.17) is 0 Å². The third kappa shape index (κ3) is 3.81. The molecule has 2 aromatic rings. The number of hydrogen-bond acceptors (Lipinski definition) is 4. The van der Waals surface area contributed by atoms with Crippen LogP contribution in [0.1, 0.15) is 28.5 Å². The van der Waals surface area contributed by atoms with E-state index in [1.165, 1.54) is 0 Å². The van der Waals surface area contributed by atoms with Gasteiger partial charge in [0.05, 0.1) is 0 Å². The predicted molar refractivity (Wildman–Crippen MR) is 88.0 cm³/mol. The van der Waals surface area contributed by atoms with E-state index in [-0.39, 0.29) is 5.91 Å². The molecular weight excluding hydrogens is 276 g/mol. The van der Waals surface area contributed by atoms with Crippen molar-refractivity contribution in [1.82, 2.24) is 14.9 Å². The maximum atomic E-state index is 11.9. The number of anilines is 1. The third-order valence-electron chi connectivity index (χ3n) is 3.43. The highest BCUT2D eigenvalue weighted by Crippen LogP contribution is 2.13. The minimum absolute atomic E-state index is 0.0147. The van der Waals surface area contributed by atoms with E-state index < -0.39 is 0 Å². The Labute approximate surface area is 131 Å². The normalized spacial score (nSPS) is 10.4. The zero-order valence-corrected chi connectivity index (χ0v) is 13.6. The number of rotatable bonds is 5. The number of carbonyl (C=O) groups excluding carboxylic acids is 1. The molecule has 22 heavy (non-hydrogen) atoms. The van der Waals surface area contributed by atoms with Crippen LogP contribution in [-0.4, -0.2) is 41.4 Å². The van der Waals surface area contributed by atoms with Gasteiger partial charge in [-0.2, -0.15) is 0 Å². The molecule has 0 unspecified atom stereocenters. The maximum Gasteiger partial charge on any atom is 0.253 e. The molecule has 0 saturated carbocycles. The summed E-state index contributed by atoms with van der Waals surface area (Å²) < 4.78 is 0. The van der Waals surface area contributed by atoms with E-state index in [9.17, 15) is 4.79 Å². The SMILES string of the molecule is CCN(Cc1ccc(C(=O)N(C)C)cc1)c1nccc(C)n1. The van der Waals surface area contributed by atoms with E-state index in [1.54, 1.807) is 25.2 Å². The van der Waals surface area contributed by atoms with Crippen LogP contribution >= 0.6 is 0 Å². The highest BCUT2D eigenvalue weighted by molar-refractivity contribution is 5.93. The monoisotopic (exact) mass is 298 g/mol. The molecule has 1 heterocycles. The number of hydrogen-bond donors (Lipinski definition) is 0. The Kier molecular flexibility index (Phi) is 5.09. The highest BCUT2D eigenvalue weighted by atomic mass is 16.2. The van der Waals surface area contributed by atoms with Crippen molar-refractivity contribution in [3.05, 3.63) is 53.3 Å². The average molecular weight is 298 g/mol. The maximum absolute atomic E-state index is 11.9. The number of aromatic nitrogens is 2. The third-order valence-corrected chi connectivity index (χ3v) is 3.43. The molecule has 0 atom stereocenters. The molecule has 1 aromatic carbocycles. The summed E-state index contributed by atoms with van der Waals surface area (Å²) in [7, 11) is 3.51. The van der Waals surface area contributed by atoms with Gasteiger partial charge < -0.3 is 9.80 Å². The summed E-state index contributed by atoms with van der Waals surface area (Å²) in [4.78, 5) is 24.4. The minimum Gasteiger partial charge on any atom is -0.345 e. The van der Waals surface area contributed by atoms with Crippen LogP contribution in [0.3, 0.4) is 0 Å². The summed E-state index contributed by atoms with van der Waals surface area (Å²) >= 11 is 0. The number of carbonyl (C=O) groups is 1. The molecule has 1 amide bonds. The average Bonchev–Trinajstić information content (AvgIpc) is 2.52. The number of nitrogens with zero attached hydrogens (tertiary/aromatic N) is 4. The molecule has 0 aliphatic rings. The van der Waals surface area contributed by atoms with Crippen LogP contribution < -0.4 is 4.90 Å². The largest absolute Gasteiger partial charge is 0.345 e. The van der Waals surface area contributed by atoms with Crippen LogP contribution in [0.25, 0.3) is 0 Å². The predicted octanol–water partition coefficient (Wildman–Crippen LogP) is 2.51. The van der Waals surface area contributed by atoms with Gasteiger partial charge in [-0.05, 0) is 37.6 Å². The molecule has 2 rings (SSSR count). The van der Waals surface area contributed by atoms with Crippen LogP contribution in [0.4, 0.5) is 5.95 Å². The van der Waals surface area contributed by atoms with Crippen molar-refractivity contribution in [1.29, 1.82) is 0 Å². The van der Waals surface area contributed by atoms with Gasteiger partial charge in [0.15, 0.2) is 0 Å². The molecule has 0 saturated heterocycles. The second kappa shape index (κ2) is 7.02. The smallest absolute Gasteiger partial charge is 0.253 e. The van der Waals surface area contributed by atoms with Crippen LogP contribution in [0.5, 0.6) is 0 Å². The molecule has 0 N–H and O–H groups in total. The fourth-order valence-electron chi connectivity index (χ4n) is 2.14. The summed E-state index contributed by atoms with van der Waals surface area (Å²) in [5.74, 6) is 0.747. The molecule has 116 valence electrons. The minimum atomic E-state index is 0.0147. The lowest BCUT2D eigenvalue weighted by atomic mass is 10.1. The van der Waals surface area contributed by atoms with E-state index in [0.29, 0.717) is 5.56 Å². The number of amides is 1. The molecule has 5 heteroatoms. The van der Waals surface area contributed by atoms with Crippen LogP contribution in [0.15, 0.2) is 36.5 Å². The Morgan fingerprint density at radius 1 is 1.14 bits per heavy atom. The molecule has 5 nitrogen and oxygen atoms in total. The number of aryl methyl sites for hydroxylation is 1. The van der Waals surface area contributed by atoms with Crippen LogP contribution in [0, 0.1) is 6.92 Å². The van der Waals surface area contributed by atoms with Gasteiger partial charge in [-0.1, -0.05) is 12.1 Å². The van der Waals surface area contributed by atoms with Crippen molar-refractivity contribution in [2.75, 3.05) is 25.5 Å². The van der Waals surface area contributed by atoms with Gasteiger partial charge in [0.2, 0.25) is 5.95 Å². The fourth-order valence-corrected chi connectivity index (χ4v) is 2.14. The van der Waals surface area contributed by atoms with Crippen LogP contribution in [-0.2, 0) is 6.54 Å². The highest BCUT2D eigenvalue weighted by Gasteiger charge is 2.10. The Morgan fingerprint density at radius 3 is 2.36 bits per heavy atom. The van der Waals surface area contributed by atoms with Gasteiger partial charge in [0.1, 0.15) is 0 Å². The molecule has 0 aliphatic heterocycles. The van der Waals surface area contributed by atoms with Crippen molar-refractivity contribution < 1.29 is 4.79 Å². The van der Waals surface area contributed by atoms with Crippen molar-refractivity contribution >= 4 is 11.9 Å². The first-order chi connectivity index (χ1) is 10.5. The standard InChI is InChI=1S/C17H22N4O/c1-5-21(17-18-11-10-13(2)19-17)12-14-6-8-15(9-7-14)16(22)20(3)4/h6-11H,5,12H2,1-4H3. The van der Waals surface area contributed by atoms with Crippen molar-refractivity contribution in [2.24, 2.45) is 0 Å². The van der Waals surface area contributed by atoms with Gasteiger partial charge in [-0.3, -0.25) is 4.79 Å². The van der Waals surface area contributed by atoms with Gasteiger partial charge in [-0.15, -0.1) is 0 Å². The fraction of sp³-hybridized carbons (Fsp3) is 0.353. The van der Waals surface area contributed by atoms with E-state index in [1.807, 2.05) is 37.3 Å². The first-order valence-corrected chi connectivity index (χ1v) is 7.36. The Bertz CT molecular complexity index is 637. The van der Waals surface area contributed by atoms with E-state index >= 15 is 0 Å². The first kappa shape index (κ1) is 15.9. The van der Waals surface area contributed by atoms with E-state index in [0.717, 1.165) is 30.3 Å².